The molecule has 0 fully saturated rings. The third-order valence-corrected chi connectivity index (χ3v) is 2.72. The molecule has 5 nitrogen and oxygen atoms in total. The second-order valence-corrected chi connectivity index (χ2v) is 4.25. The molecule has 0 bridgehead atoms. The highest BCUT2D eigenvalue weighted by Gasteiger charge is 2.11. The van der Waals surface area contributed by atoms with E-state index in [1.54, 1.807) is 18.2 Å². The lowest BCUT2D eigenvalue weighted by Crippen LogP contribution is -1.99. The third kappa shape index (κ3) is 2.81. The summed E-state index contributed by atoms with van der Waals surface area (Å²) in [5.74, 6) is 0.246. The molecule has 6 heteroatoms. The van der Waals surface area contributed by atoms with Crippen LogP contribution in [0.1, 0.15) is 11.3 Å². The van der Waals surface area contributed by atoms with Crippen LogP contribution < -0.4 is 5.32 Å². The Labute approximate surface area is 109 Å². The van der Waals surface area contributed by atoms with Gasteiger partial charge in [0.05, 0.1) is 12.6 Å². The predicted molar refractivity (Wildman–Crippen MR) is 68.9 cm³/mol. The Balaban J connectivity index is 2.06. The van der Waals surface area contributed by atoms with Gasteiger partial charge in [0.25, 0.3) is 0 Å². The molecule has 0 unspecified atom stereocenters. The van der Waals surface area contributed by atoms with Crippen LogP contribution in [0.5, 0.6) is 0 Å². The van der Waals surface area contributed by atoms with Crippen molar-refractivity contribution in [1.29, 1.82) is 0 Å². The Bertz CT molecular complexity index is 580. The standard InChI is InChI=1S/C12H11ClN2O3/c1-8-2-3-9(13)6-11(8)14-7-10-4-5-12(18-10)15(16)17/h2-6,14H,7H2,1H3. The molecule has 0 amide bonds. The molecule has 94 valence electrons. The summed E-state index contributed by atoms with van der Waals surface area (Å²) < 4.78 is 5.04. The van der Waals surface area contributed by atoms with E-state index < -0.39 is 4.92 Å². The molecule has 0 spiro atoms. The minimum atomic E-state index is -0.561. The van der Waals surface area contributed by atoms with Gasteiger partial charge in [0.1, 0.15) is 10.7 Å². The largest absolute Gasteiger partial charge is 0.433 e. The molecule has 0 aliphatic rings. The number of nitro groups is 1. The summed E-state index contributed by atoms with van der Waals surface area (Å²) in [7, 11) is 0. The maximum atomic E-state index is 10.5. The molecular formula is C12H11ClN2O3. The SMILES string of the molecule is Cc1ccc(Cl)cc1NCc1ccc([N+](=O)[O-])o1. The number of anilines is 1. The summed E-state index contributed by atoms with van der Waals surface area (Å²) in [6.45, 7) is 2.32. The highest BCUT2D eigenvalue weighted by Crippen LogP contribution is 2.22. The molecule has 2 rings (SSSR count). The monoisotopic (exact) mass is 266 g/mol. The third-order valence-electron chi connectivity index (χ3n) is 2.48. The molecule has 1 aromatic carbocycles. The van der Waals surface area contributed by atoms with E-state index in [-0.39, 0.29) is 5.88 Å². The lowest BCUT2D eigenvalue weighted by Gasteiger charge is -2.08. The Morgan fingerprint density at radius 3 is 2.83 bits per heavy atom. The molecule has 0 aliphatic carbocycles. The number of nitrogens with one attached hydrogen (secondary N) is 1. The van der Waals surface area contributed by atoms with Gasteiger partial charge in [0, 0.05) is 10.7 Å². The average Bonchev–Trinajstić information content (AvgIpc) is 2.79. The van der Waals surface area contributed by atoms with Crippen molar-refractivity contribution in [3.8, 4) is 0 Å². The molecule has 0 saturated carbocycles. The smallest absolute Gasteiger partial charge is 0.404 e. The second-order valence-electron chi connectivity index (χ2n) is 3.81. The summed E-state index contributed by atoms with van der Waals surface area (Å²) in [4.78, 5) is 9.90. The van der Waals surface area contributed by atoms with Gasteiger partial charge in [-0.05, 0) is 30.7 Å². The summed E-state index contributed by atoms with van der Waals surface area (Å²) >= 11 is 5.89. The van der Waals surface area contributed by atoms with E-state index in [4.69, 9.17) is 16.0 Å². The quantitative estimate of drug-likeness (QED) is 0.676. The normalized spacial score (nSPS) is 10.3. The van der Waals surface area contributed by atoms with Gasteiger partial charge >= 0.3 is 5.88 Å². The van der Waals surface area contributed by atoms with Gasteiger partial charge in [0.15, 0.2) is 0 Å². The number of nitrogens with zero attached hydrogens (tertiary/aromatic N) is 1. The van der Waals surface area contributed by atoms with Crippen LogP contribution in [0.4, 0.5) is 11.6 Å². The number of halogens is 1. The zero-order valence-corrected chi connectivity index (χ0v) is 10.4. The van der Waals surface area contributed by atoms with Gasteiger partial charge in [-0.25, -0.2) is 0 Å². The summed E-state index contributed by atoms with van der Waals surface area (Å²) in [5.41, 5.74) is 1.92. The average molecular weight is 267 g/mol. The molecule has 0 aliphatic heterocycles. The Morgan fingerprint density at radius 1 is 1.39 bits per heavy atom. The van der Waals surface area contributed by atoms with Crippen LogP contribution in [0.25, 0.3) is 0 Å². The van der Waals surface area contributed by atoms with E-state index in [0.29, 0.717) is 17.3 Å². The van der Waals surface area contributed by atoms with Crippen molar-refractivity contribution in [1.82, 2.24) is 0 Å². The van der Waals surface area contributed by atoms with Crippen molar-refractivity contribution in [3.05, 3.63) is 56.8 Å². The number of hydrogen-bond donors (Lipinski definition) is 1. The molecule has 2 aromatic rings. The van der Waals surface area contributed by atoms with Crippen LogP contribution in [0.15, 0.2) is 34.7 Å². The van der Waals surface area contributed by atoms with Gasteiger partial charge in [-0.15, -0.1) is 0 Å². The van der Waals surface area contributed by atoms with Gasteiger partial charge in [-0.1, -0.05) is 17.7 Å². The zero-order valence-electron chi connectivity index (χ0n) is 9.64. The number of rotatable bonds is 4. The molecule has 0 radical (unpaired) electrons. The fourth-order valence-corrected chi connectivity index (χ4v) is 1.70. The lowest BCUT2D eigenvalue weighted by molar-refractivity contribution is -0.402. The number of benzene rings is 1. The van der Waals surface area contributed by atoms with Crippen LogP contribution >= 0.6 is 11.6 Å². The first-order chi connectivity index (χ1) is 8.56. The van der Waals surface area contributed by atoms with Gasteiger partial charge < -0.3 is 9.73 Å². The van der Waals surface area contributed by atoms with Crippen LogP contribution in [-0.2, 0) is 6.54 Å². The molecule has 1 heterocycles. The maximum Gasteiger partial charge on any atom is 0.433 e. The minimum Gasteiger partial charge on any atom is -0.404 e. The summed E-state index contributed by atoms with van der Waals surface area (Å²) in [6, 6.07) is 8.41. The molecule has 0 atom stereocenters. The van der Waals surface area contributed by atoms with Crippen molar-refractivity contribution in [2.45, 2.75) is 13.5 Å². The Hall–Kier alpha value is -2.01. The van der Waals surface area contributed by atoms with Crippen molar-refractivity contribution in [2.75, 3.05) is 5.32 Å². The van der Waals surface area contributed by atoms with Crippen molar-refractivity contribution < 1.29 is 9.34 Å². The summed E-state index contributed by atoms with van der Waals surface area (Å²) in [6.07, 6.45) is 0. The molecule has 1 aromatic heterocycles. The van der Waals surface area contributed by atoms with Crippen molar-refractivity contribution >= 4 is 23.2 Å². The Kier molecular flexibility index (Phi) is 3.53. The van der Waals surface area contributed by atoms with Crippen LogP contribution in [0.2, 0.25) is 5.02 Å². The highest BCUT2D eigenvalue weighted by molar-refractivity contribution is 6.30. The number of aryl methyl sites for hydroxylation is 1. The van der Waals surface area contributed by atoms with Crippen molar-refractivity contribution in [2.24, 2.45) is 0 Å². The predicted octanol–water partition coefficient (Wildman–Crippen LogP) is 3.76. The highest BCUT2D eigenvalue weighted by atomic mass is 35.5. The van der Waals surface area contributed by atoms with E-state index in [0.717, 1.165) is 11.3 Å². The fourth-order valence-electron chi connectivity index (χ4n) is 1.53. The first-order valence-electron chi connectivity index (χ1n) is 5.29. The zero-order chi connectivity index (χ0) is 13.1. The van der Waals surface area contributed by atoms with E-state index in [2.05, 4.69) is 5.32 Å². The topological polar surface area (TPSA) is 68.3 Å². The lowest BCUT2D eigenvalue weighted by atomic mass is 10.2. The molecular weight excluding hydrogens is 256 g/mol. The van der Waals surface area contributed by atoms with Crippen LogP contribution in [0, 0.1) is 17.0 Å². The first-order valence-corrected chi connectivity index (χ1v) is 5.67. The molecule has 0 saturated heterocycles. The van der Waals surface area contributed by atoms with Gasteiger partial charge in [-0.2, -0.15) is 0 Å². The maximum absolute atomic E-state index is 10.5. The van der Waals surface area contributed by atoms with Crippen LogP contribution in [0.3, 0.4) is 0 Å². The molecule has 18 heavy (non-hydrogen) atoms. The second kappa shape index (κ2) is 5.10. The number of hydrogen-bond acceptors (Lipinski definition) is 4. The van der Waals surface area contributed by atoms with Crippen LogP contribution in [-0.4, -0.2) is 4.92 Å². The molecule has 1 N–H and O–H groups in total. The van der Waals surface area contributed by atoms with E-state index in [1.165, 1.54) is 6.07 Å². The van der Waals surface area contributed by atoms with Gasteiger partial charge in [0.2, 0.25) is 0 Å². The number of furan rings is 1. The first kappa shape index (κ1) is 12.4. The van der Waals surface area contributed by atoms with Crippen molar-refractivity contribution in [3.63, 3.8) is 0 Å². The summed E-state index contributed by atoms with van der Waals surface area (Å²) in [5, 5.41) is 14.2. The van der Waals surface area contributed by atoms with E-state index >= 15 is 0 Å². The van der Waals surface area contributed by atoms with E-state index in [9.17, 15) is 10.1 Å². The Morgan fingerprint density at radius 2 is 2.17 bits per heavy atom. The fraction of sp³-hybridized carbons (Fsp3) is 0.167. The van der Waals surface area contributed by atoms with E-state index in [1.807, 2.05) is 13.0 Å². The minimum absolute atomic E-state index is 0.255. The van der Waals surface area contributed by atoms with Gasteiger partial charge in [-0.3, -0.25) is 10.1 Å².